The standard InChI is InChI=1S/C25H29N7O2/c1-3-5-6-7-11-22-28-32(23(33)4-2)25(34)31(22)17-18-12-14-19(15-13-18)20-9-8-10-21(16-20)24-26-29-30-27-24/h8-10,12-16H,3-7,11,17H2,1-2H3,(H,26,27,29,30). The van der Waals surface area contributed by atoms with Gasteiger partial charge in [0.2, 0.25) is 5.82 Å². The fourth-order valence-electron chi connectivity index (χ4n) is 3.91. The van der Waals surface area contributed by atoms with Crippen LogP contribution in [-0.4, -0.2) is 40.9 Å². The van der Waals surface area contributed by atoms with Crippen molar-refractivity contribution >= 4 is 5.91 Å². The molecule has 0 atom stereocenters. The molecule has 0 spiro atoms. The lowest BCUT2D eigenvalue weighted by Gasteiger charge is -2.08. The Morgan fingerprint density at radius 1 is 0.971 bits per heavy atom. The highest BCUT2D eigenvalue weighted by molar-refractivity contribution is 5.77. The Morgan fingerprint density at radius 3 is 2.47 bits per heavy atom. The molecular weight excluding hydrogens is 430 g/mol. The van der Waals surface area contributed by atoms with Crippen LogP contribution in [0.1, 0.15) is 62.1 Å². The van der Waals surface area contributed by atoms with Crippen molar-refractivity contribution in [3.05, 3.63) is 70.4 Å². The van der Waals surface area contributed by atoms with E-state index in [1.165, 1.54) is 0 Å². The molecule has 0 radical (unpaired) electrons. The molecule has 0 saturated carbocycles. The van der Waals surface area contributed by atoms with E-state index in [0.717, 1.165) is 52.6 Å². The smallest absolute Gasteiger partial charge is 0.274 e. The van der Waals surface area contributed by atoms with Gasteiger partial charge in [-0.2, -0.15) is 5.21 Å². The van der Waals surface area contributed by atoms with Crippen LogP contribution in [0.25, 0.3) is 22.5 Å². The van der Waals surface area contributed by atoms with Crippen molar-refractivity contribution in [2.24, 2.45) is 0 Å². The number of benzene rings is 2. The SMILES string of the molecule is CCCCCCc1nn(C(=O)CC)c(=O)n1Cc1ccc(-c2cccc(-c3nn[nH]n3)c2)cc1. The number of carbonyl (C=O) groups is 1. The Labute approximate surface area is 197 Å². The summed E-state index contributed by atoms with van der Waals surface area (Å²) in [5, 5.41) is 18.5. The number of aromatic amines is 1. The highest BCUT2D eigenvalue weighted by Gasteiger charge is 2.17. The summed E-state index contributed by atoms with van der Waals surface area (Å²) in [5.41, 5.74) is 3.55. The van der Waals surface area contributed by atoms with Gasteiger partial charge in [-0.15, -0.1) is 20.0 Å². The molecule has 4 aromatic rings. The number of hydrogen-bond donors (Lipinski definition) is 1. The van der Waals surface area contributed by atoms with Gasteiger partial charge >= 0.3 is 5.69 Å². The van der Waals surface area contributed by atoms with E-state index in [0.29, 0.717) is 24.6 Å². The Morgan fingerprint density at radius 2 is 1.76 bits per heavy atom. The molecule has 0 aliphatic rings. The van der Waals surface area contributed by atoms with Crippen molar-refractivity contribution in [2.75, 3.05) is 0 Å². The molecule has 0 amide bonds. The minimum Gasteiger partial charge on any atom is -0.274 e. The van der Waals surface area contributed by atoms with Crippen molar-refractivity contribution in [3.8, 4) is 22.5 Å². The molecule has 0 saturated heterocycles. The first kappa shape index (κ1) is 23.3. The van der Waals surface area contributed by atoms with E-state index in [1.54, 1.807) is 11.5 Å². The maximum atomic E-state index is 12.9. The van der Waals surface area contributed by atoms with Gasteiger partial charge in [0.15, 0.2) is 0 Å². The van der Waals surface area contributed by atoms with Crippen LogP contribution in [0, 0.1) is 0 Å². The number of nitrogens with zero attached hydrogens (tertiary/aromatic N) is 6. The predicted octanol–water partition coefficient (Wildman–Crippen LogP) is 4.11. The molecule has 9 nitrogen and oxygen atoms in total. The fraction of sp³-hybridized carbons (Fsp3) is 0.360. The monoisotopic (exact) mass is 459 g/mol. The first-order valence-electron chi connectivity index (χ1n) is 11.8. The largest absolute Gasteiger partial charge is 0.353 e. The molecule has 9 heteroatoms. The fourth-order valence-corrected chi connectivity index (χ4v) is 3.91. The molecule has 176 valence electrons. The van der Waals surface area contributed by atoms with Gasteiger partial charge in [0.05, 0.1) is 6.54 Å². The van der Waals surface area contributed by atoms with Gasteiger partial charge in [-0.25, -0.2) is 4.79 Å². The van der Waals surface area contributed by atoms with Gasteiger partial charge in [-0.05, 0) is 34.4 Å². The third kappa shape index (κ3) is 5.19. The second-order valence-corrected chi connectivity index (χ2v) is 8.27. The minimum absolute atomic E-state index is 0.240. The number of tetrazole rings is 1. The second kappa shape index (κ2) is 10.8. The summed E-state index contributed by atoms with van der Waals surface area (Å²) in [5.74, 6) is 0.929. The van der Waals surface area contributed by atoms with E-state index in [2.05, 4.69) is 32.6 Å². The van der Waals surface area contributed by atoms with Crippen molar-refractivity contribution in [1.29, 1.82) is 0 Å². The highest BCUT2D eigenvalue weighted by atomic mass is 16.2. The maximum absolute atomic E-state index is 12.9. The van der Waals surface area contributed by atoms with Crippen molar-refractivity contribution in [3.63, 3.8) is 0 Å². The summed E-state index contributed by atoms with van der Waals surface area (Å²) in [6.45, 7) is 4.28. The van der Waals surface area contributed by atoms with Crippen LogP contribution in [-0.2, 0) is 13.0 Å². The summed E-state index contributed by atoms with van der Waals surface area (Å²) in [6.07, 6.45) is 5.23. The average Bonchev–Trinajstić information content (AvgIpc) is 3.51. The number of hydrogen-bond acceptors (Lipinski definition) is 6. The molecule has 34 heavy (non-hydrogen) atoms. The topological polar surface area (TPSA) is 111 Å². The van der Waals surface area contributed by atoms with Crippen LogP contribution in [0.3, 0.4) is 0 Å². The third-order valence-electron chi connectivity index (χ3n) is 5.83. The summed E-state index contributed by atoms with van der Waals surface area (Å²) in [6, 6.07) is 16.0. The number of H-pyrrole nitrogens is 1. The zero-order valence-electron chi connectivity index (χ0n) is 19.6. The number of nitrogens with one attached hydrogen (secondary N) is 1. The van der Waals surface area contributed by atoms with Crippen LogP contribution < -0.4 is 5.69 Å². The van der Waals surface area contributed by atoms with Crippen LogP contribution in [0.4, 0.5) is 0 Å². The Bertz CT molecular complexity index is 1290. The van der Waals surface area contributed by atoms with Crippen LogP contribution in [0.5, 0.6) is 0 Å². The number of aryl methyl sites for hydroxylation is 1. The Balaban J connectivity index is 1.56. The minimum atomic E-state index is -0.366. The van der Waals surface area contributed by atoms with E-state index in [9.17, 15) is 9.59 Å². The normalized spacial score (nSPS) is 11.1. The number of aromatic nitrogens is 7. The Hall–Kier alpha value is -3.88. The number of rotatable bonds is 10. The van der Waals surface area contributed by atoms with Crippen LogP contribution in [0.2, 0.25) is 0 Å². The van der Waals surface area contributed by atoms with Crippen LogP contribution in [0.15, 0.2) is 53.3 Å². The van der Waals surface area contributed by atoms with Gasteiger partial charge in [-0.1, -0.05) is 75.6 Å². The van der Waals surface area contributed by atoms with Crippen molar-refractivity contribution in [1.82, 2.24) is 35.0 Å². The van der Waals surface area contributed by atoms with Gasteiger partial charge in [0, 0.05) is 18.4 Å². The molecule has 0 aliphatic carbocycles. The van der Waals surface area contributed by atoms with E-state index in [1.807, 2.05) is 48.5 Å². The number of carbonyl (C=O) groups excluding carboxylic acids is 1. The maximum Gasteiger partial charge on any atom is 0.353 e. The van der Waals surface area contributed by atoms with Gasteiger partial charge in [-0.3, -0.25) is 9.36 Å². The lowest BCUT2D eigenvalue weighted by atomic mass is 10.0. The molecule has 2 aromatic carbocycles. The first-order valence-corrected chi connectivity index (χ1v) is 11.8. The quantitative estimate of drug-likeness (QED) is 0.357. The van der Waals surface area contributed by atoms with E-state index in [4.69, 9.17) is 0 Å². The van der Waals surface area contributed by atoms with Gasteiger partial charge in [0.1, 0.15) is 5.82 Å². The number of unbranched alkanes of at least 4 members (excludes halogenated alkanes) is 3. The molecule has 0 unspecified atom stereocenters. The molecule has 0 aliphatic heterocycles. The van der Waals surface area contributed by atoms with E-state index < -0.39 is 0 Å². The van der Waals surface area contributed by atoms with Crippen molar-refractivity contribution < 1.29 is 4.79 Å². The van der Waals surface area contributed by atoms with Crippen LogP contribution >= 0.6 is 0 Å². The second-order valence-electron chi connectivity index (χ2n) is 8.27. The van der Waals surface area contributed by atoms with Crippen molar-refractivity contribution in [2.45, 2.75) is 58.9 Å². The summed E-state index contributed by atoms with van der Waals surface area (Å²) < 4.78 is 2.65. The zero-order valence-corrected chi connectivity index (χ0v) is 19.6. The Kier molecular flexibility index (Phi) is 7.41. The lowest BCUT2D eigenvalue weighted by molar-refractivity contribution is 0.0887. The molecule has 0 bridgehead atoms. The molecule has 4 rings (SSSR count). The van der Waals surface area contributed by atoms with E-state index in [-0.39, 0.29) is 18.0 Å². The molecule has 0 fully saturated rings. The first-order chi connectivity index (χ1) is 16.6. The van der Waals surface area contributed by atoms with E-state index >= 15 is 0 Å². The van der Waals surface area contributed by atoms with Gasteiger partial charge < -0.3 is 0 Å². The van der Waals surface area contributed by atoms with Gasteiger partial charge in [0.25, 0.3) is 5.91 Å². The molecule has 2 aromatic heterocycles. The summed E-state index contributed by atoms with van der Waals surface area (Å²) >= 11 is 0. The zero-order chi connectivity index (χ0) is 23.9. The molecule has 1 N–H and O–H groups in total. The lowest BCUT2D eigenvalue weighted by Crippen LogP contribution is -2.30. The highest BCUT2D eigenvalue weighted by Crippen LogP contribution is 2.24. The average molecular weight is 460 g/mol. The molecule has 2 heterocycles. The molecular formula is C25H29N7O2. The summed E-state index contributed by atoms with van der Waals surface area (Å²) in [7, 11) is 0. The third-order valence-corrected chi connectivity index (χ3v) is 5.83. The summed E-state index contributed by atoms with van der Waals surface area (Å²) in [4.78, 5) is 25.2. The predicted molar refractivity (Wildman–Crippen MR) is 129 cm³/mol.